The molecule has 3 aliphatic rings. The molecule has 0 spiro atoms. The zero-order valence-electron chi connectivity index (χ0n) is 27.2. The van der Waals surface area contributed by atoms with E-state index in [1.165, 1.54) is 24.3 Å². The summed E-state index contributed by atoms with van der Waals surface area (Å²) in [6, 6.07) is 7.72. The Morgan fingerprint density at radius 1 is 0.809 bits per heavy atom. The molecule has 2 aromatic carbocycles. The minimum atomic E-state index is -4.27. The van der Waals surface area contributed by atoms with Crippen LogP contribution in [0.25, 0.3) is 0 Å². The summed E-state index contributed by atoms with van der Waals surface area (Å²) in [7, 11) is -4.27. The molecule has 0 radical (unpaired) electrons. The first-order valence-corrected chi connectivity index (χ1v) is 17.4. The molecule has 260 valence electrons. The first kappa shape index (κ1) is 37.4. The van der Waals surface area contributed by atoms with Crippen LogP contribution < -0.4 is 20.1 Å². The van der Waals surface area contributed by atoms with Gasteiger partial charge in [-0.15, -0.1) is 0 Å². The smallest absolute Gasteiger partial charge is 0.476 e. The minimum Gasteiger partial charge on any atom is -0.484 e. The number of ether oxygens (including phenoxy) is 2. The number of carbonyl (C=O) groups excluding carboxylic acids is 2. The Kier molecular flexibility index (Phi) is 11.3. The van der Waals surface area contributed by atoms with Crippen molar-refractivity contribution in [1.29, 1.82) is 0 Å². The molecule has 5 rings (SSSR count). The van der Waals surface area contributed by atoms with Gasteiger partial charge in [0.1, 0.15) is 23.1 Å². The van der Waals surface area contributed by atoms with Crippen LogP contribution in [0.2, 0.25) is 10.0 Å². The lowest BCUT2D eigenvalue weighted by Gasteiger charge is -2.57. The standard InChI is InChI=1S/C32H41Cl2F2N2O8P/c1-29(2,3)45-47(41,46-30(4,5)6)44-26-17-31(37-27(39)18-42-20-7-9-22(33)24(35)15-20)11-13-32(26,14-12-31)38-28(40)19-43-21-8-10-23(34)25(36)16-21/h7-10,15-16,26H,11-14,17-19H2,1-6H3,(H,37,39)(H,38,40). The van der Waals surface area contributed by atoms with Gasteiger partial charge in [-0.25, -0.2) is 13.3 Å². The van der Waals surface area contributed by atoms with E-state index in [9.17, 15) is 22.9 Å². The van der Waals surface area contributed by atoms with Crippen molar-refractivity contribution in [2.24, 2.45) is 0 Å². The summed E-state index contributed by atoms with van der Waals surface area (Å²) in [6.07, 6.45) is 0.804. The van der Waals surface area contributed by atoms with Crippen molar-refractivity contribution in [2.75, 3.05) is 13.2 Å². The van der Waals surface area contributed by atoms with E-state index in [0.717, 1.165) is 12.1 Å². The summed E-state index contributed by atoms with van der Waals surface area (Å²) >= 11 is 11.5. The van der Waals surface area contributed by atoms with E-state index < -0.39 is 72.9 Å². The van der Waals surface area contributed by atoms with Gasteiger partial charge in [0.05, 0.1) is 32.9 Å². The highest BCUT2D eigenvalue weighted by Crippen LogP contribution is 2.60. The van der Waals surface area contributed by atoms with Crippen LogP contribution in [0.3, 0.4) is 0 Å². The van der Waals surface area contributed by atoms with Crippen molar-refractivity contribution in [2.45, 2.75) is 102 Å². The van der Waals surface area contributed by atoms with E-state index in [2.05, 4.69) is 10.6 Å². The third kappa shape index (κ3) is 10.3. The lowest BCUT2D eigenvalue weighted by Crippen LogP contribution is -2.71. The monoisotopic (exact) mass is 720 g/mol. The predicted octanol–water partition coefficient (Wildman–Crippen LogP) is 7.54. The average Bonchev–Trinajstić information content (AvgIpc) is 2.93. The fraction of sp³-hybridized carbons (Fsp3) is 0.562. The van der Waals surface area contributed by atoms with Crippen LogP contribution in [-0.2, 0) is 27.7 Å². The zero-order valence-corrected chi connectivity index (χ0v) is 29.6. The lowest BCUT2D eigenvalue weighted by molar-refractivity contribution is -0.137. The third-order valence-electron chi connectivity index (χ3n) is 7.63. The first-order valence-electron chi connectivity index (χ1n) is 15.2. The molecule has 0 aromatic heterocycles. The maximum absolute atomic E-state index is 14.2. The van der Waals surface area contributed by atoms with Crippen LogP contribution in [-0.4, -0.2) is 53.4 Å². The van der Waals surface area contributed by atoms with E-state index in [-0.39, 0.29) is 28.0 Å². The highest BCUT2D eigenvalue weighted by molar-refractivity contribution is 7.48. The molecule has 2 N–H and O–H groups in total. The van der Waals surface area contributed by atoms with E-state index in [1.54, 1.807) is 41.5 Å². The SMILES string of the molecule is CC(C)(C)OP(=O)(OC1CC2(NC(=O)COc3ccc(Cl)c(F)c3)CCC1(NC(=O)COc1ccc(Cl)c(F)c1)CC2)OC(C)(C)C. The molecule has 47 heavy (non-hydrogen) atoms. The normalized spacial score (nSPS) is 22.9. The molecule has 0 aliphatic heterocycles. The summed E-state index contributed by atoms with van der Waals surface area (Å²) in [4.78, 5) is 26.3. The number of nitrogens with one attached hydrogen (secondary N) is 2. The maximum Gasteiger partial charge on any atom is 0.476 e. The summed E-state index contributed by atoms with van der Waals surface area (Å²) < 4.78 is 71.0. The molecule has 15 heteroatoms. The Bertz CT molecular complexity index is 1500. The molecule has 3 saturated carbocycles. The molecule has 1 unspecified atom stereocenters. The second kappa shape index (κ2) is 14.2. The van der Waals surface area contributed by atoms with Gasteiger partial charge in [-0.2, -0.15) is 0 Å². The number of phosphoric acid groups is 1. The number of carbonyl (C=O) groups is 2. The van der Waals surface area contributed by atoms with Crippen LogP contribution in [0.4, 0.5) is 8.78 Å². The molecule has 2 aromatic rings. The molecular formula is C32H41Cl2F2N2O8P. The zero-order chi connectivity index (χ0) is 34.8. The molecule has 0 heterocycles. The molecule has 2 amide bonds. The van der Waals surface area contributed by atoms with Gasteiger partial charge in [0.25, 0.3) is 11.8 Å². The minimum absolute atomic E-state index is 0.0691. The second-order valence-electron chi connectivity index (χ2n) is 13.9. The third-order valence-corrected chi connectivity index (χ3v) is 10.3. The van der Waals surface area contributed by atoms with Gasteiger partial charge in [0.15, 0.2) is 13.2 Å². The van der Waals surface area contributed by atoms with Crippen molar-refractivity contribution in [1.82, 2.24) is 10.6 Å². The molecule has 0 saturated heterocycles. The number of phosphoric ester groups is 1. The van der Waals surface area contributed by atoms with E-state index >= 15 is 0 Å². The largest absolute Gasteiger partial charge is 0.484 e. The number of hydrogen-bond acceptors (Lipinski definition) is 8. The summed E-state index contributed by atoms with van der Waals surface area (Å²) in [6.45, 7) is 9.45. The number of benzene rings is 2. The Morgan fingerprint density at radius 2 is 1.26 bits per heavy atom. The Labute approximate surface area is 283 Å². The highest BCUT2D eigenvalue weighted by Gasteiger charge is 2.59. The average molecular weight is 722 g/mol. The van der Waals surface area contributed by atoms with Gasteiger partial charge < -0.3 is 20.1 Å². The van der Waals surface area contributed by atoms with E-state index in [1.807, 2.05) is 0 Å². The fourth-order valence-electron chi connectivity index (χ4n) is 5.74. The first-order chi connectivity index (χ1) is 21.7. The Hall–Kier alpha value is -2.47. The van der Waals surface area contributed by atoms with E-state index in [0.29, 0.717) is 25.7 Å². The van der Waals surface area contributed by atoms with Gasteiger partial charge in [-0.3, -0.25) is 23.2 Å². The Morgan fingerprint density at radius 3 is 1.68 bits per heavy atom. The van der Waals surface area contributed by atoms with Gasteiger partial charge in [0.2, 0.25) is 0 Å². The quantitative estimate of drug-likeness (QED) is 0.216. The summed E-state index contributed by atoms with van der Waals surface area (Å²) in [5.74, 6) is -2.08. The lowest BCUT2D eigenvalue weighted by atomic mass is 9.60. The van der Waals surface area contributed by atoms with Gasteiger partial charge in [-0.1, -0.05) is 23.2 Å². The van der Waals surface area contributed by atoms with Crippen LogP contribution in [0.15, 0.2) is 36.4 Å². The fourth-order valence-corrected chi connectivity index (χ4v) is 8.02. The van der Waals surface area contributed by atoms with Gasteiger partial charge >= 0.3 is 7.82 Å². The van der Waals surface area contributed by atoms with Crippen LogP contribution in [0.1, 0.15) is 73.6 Å². The number of fused-ring (bicyclic) bond motifs is 3. The predicted molar refractivity (Wildman–Crippen MR) is 173 cm³/mol. The number of amides is 2. The summed E-state index contributed by atoms with van der Waals surface area (Å²) in [5.41, 5.74) is -3.66. The van der Waals surface area contributed by atoms with Gasteiger partial charge in [0, 0.05) is 17.7 Å². The Balaban J connectivity index is 1.53. The number of hydrogen-bond donors (Lipinski definition) is 2. The molecule has 3 aliphatic carbocycles. The van der Waals surface area contributed by atoms with Crippen molar-refractivity contribution in [3.8, 4) is 11.5 Å². The topological polar surface area (TPSA) is 121 Å². The van der Waals surface area contributed by atoms with Crippen LogP contribution >= 0.6 is 31.0 Å². The maximum atomic E-state index is 14.2. The summed E-state index contributed by atoms with van der Waals surface area (Å²) in [5, 5.41) is 5.91. The number of halogens is 4. The van der Waals surface area contributed by atoms with E-state index in [4.69, 9.17) is 46.2 Å². The van der Waals surface area contributed by atoms with Crippen LogP contribution in [0.5, 0.6) is 11.5 Å². The molecule has 2 bridgehead atoms. The van der Waals surface area contributed by atoms with Crippen LogP contribution in [0, 0.1) is 11.6 Å². The van der Waals surface area contributed by atoms with Crippen molar-refractivity contribution in [3.05, 3.63) is 58.1 Å². The van der Waals surface area contributed by atoms with Crippen molar-refractivity contribution in [3.63, 3.8) is 0 Å². The highest BCUT2D eigenvalue weighted by atomic mass is 35.5. The molecular weight excluding hydrogens is 680 g/mol. The molecule has 10 nitrogen and oxygen atoms in total. The second-order valence-corrected chi connectivity index (χ2v) is 16.2. The van der Waals surface area contributed by atoms with Gasteiger partial charge in [-0.05, 0) is 97.9 Å². The van der Waals surface area contributed by atoms with Crippen molar-refractivity contribution < 1.29 is 46.0 Å². The van der Waals surface area contributed by atoms with Crippen molar-refractivity contribution >= 4 is 42.8 Å². The molecule has 3 fully saturated rings. The molecule has 1 atom stereocenters. The number of rotatable bonds is 12.